The summed E-state index contributed by atoms with van der Waals surface area (Å²) in [4.78, 5) is 4.44. The summed E-state index contributed by atoms with van der Waals surface area (Å²) in [6.07, 6.45) is 4.47. The minimum absolute atomic E-state index is 0.252. The fraction of sp³-hybridized carbons (Fsp3) is 0.167. The highest BCUT2D eigenvalue weighted by Gasteiger charge is 2.07. The lowest BCUT2D eigenvalue weighted by atomic mass is 10.1. The number of imidazole rings is 1. The minimum atomic E-state index is -0.252. The summed E-state index contributed by atoms with van der Waals surface area (Å²) < 4.78 is 21.1. The second kappa shape index (κ2) is 6.96. The predicted molar refractivity (Wildman–Crippen MR) is 91.2 cm³/mol. The fourth-order valence-electron chi connectivity index (χ4n) is 2.41. The molecule has 3 aromatic rings. The van der Waals surface area contributed by atoms with E-state index >= 15 is 0 Å². The Labute approximate surface area is 142 Å². The van der Waals surface area contributed by atoms with Crippen LogP contribution in [0.25, 0.3) is 0 Å². The lowest BCUT2D eigenvalue weighted by Crippen LogP contribution is -2.05. The van der Waals surface area contributed by atoms with Crippen molar-refractivity contribution in [2.24, 2.45) is 0 Å². The Morgan fingerprint density at radius 1 is 1.13 bits per heavy atom. The van der Waals surface area contributed by atoms with Gasteiger partial charge >= 0.3 is 0 Å². The van der Waals surface area contributed by atoms with Crippen molar-refractivity contribution in [1.29, 1.82) is 0 Å². The highest BCUT2D eigenvalue weighted by atomic mass is 79.9. The summed E-state index contributed by atoms with van der Waals surface area (Å²) in [5.41, 5.74) is 2.19. The maximum atomic E-state index is 13.3. The Bertz CT molecular complexity index is 799. The van der Waals surface area contributed by atoms with Gasteiger partial charge in [0.1, 0.15) is 17.4 Å². The zero-order chi connectivity index (χ0) is 16.2. The normalized spacial score (nSPS) is 10.7. The van der Waals surface area contributed by atoms with Crippen molar-refractivity contribution in [2.75, 3.05) is 7.11 Å². The van der Waals surface area contributed by atoms with Crippen molar-refractivity contribution in [3.8, 4) is 5.75 Å². The van der Waals surface area contributed by atoms with E-state index in [2.05, 4.69) is 25.5 Å². The van der Waals surface area contributed by atoms with Crippen LogP contribution in [0.5, 0.6) is 5.75 Å². The molecule has 1 aromatic heterocycles. The van der Waals surface area contributed by atoms with Gasteiger partial charge in [-0.3, -0.25) is 0 Å². The van der Waals surface area contributed by atoms with Gasteiger partial charge in [0.25, 0.3) is 0 Å². The van der Waals surface area contributed by atoms with Crippen molar-refractivity contribution in [1.82, 2.24) is 9.55 Å². The molecule has 0 amide bonds. The molecule has 118 valence electrons. The Morgan fingerprint density at radius 3 is 2.57 bits per heavy atom. The molecule has 0 saturated carbocycles. The van der Waals surface area contributed by atoms with Crippen molar-refractivity contribution < 1.29 is 9.13 Å². The van der Waals surface area contributed by atoms with Crippen LogP contribution in [-0.2, 0) is 13.0 Å². The van der Waals surface area contributed by atoms with Gasteiger partial charge in [-0.25, -0.2) is 9.37 Å². The van der Waals surface area contributed by atoms with Gasteiger partial charge in [0.2, 0.25) is 0 Å². The van der Waals surface area contributed by atoms with E-state index in [1.165, 1.54) is 11.6 Å². The first-order valence-corrected chi connectivity index (χ1v) is 8.02. The number of rotatable bonds is 5. The summed E-state index contributed by atoms with van der Waals surface area (Å²) in [6.45, 7) is 0.657. The summed E-state index contributed by atoms with van der Waals surface area (Å²) in [5.74, 6) is 1.56. The molecule has 0 N–H and O–H groups in total. The Kier molecular flexibility index (Phi) is 4.76. The van der Waals surface area contributed by atoms with Crippen LogP contribution < -0.4 is 4.74 Å². The zero-order valence-electron chi connectivity index (χ0n) is 12.7. The molecule has 0 aliphatic carbocycles. The SMILES string of the molecule is COc1ccc(Cc2nccn2Cc2ccc(F)c(Br)c2)cc1. The molecule has 0 radical (unpaired) electrons. The van der Waals surface area contributed by atoms with Crippen LogP contribution in [0, 0.1) is 5.82 Å². The average Bonchev–Trinajstić information content (AvgIpc) is 2.98. The van der Waals surface area contributed by atoms with E-state index in [0.29, 0.717) is 11.0 Å². The molecule has 0 aliphatic rings. The van der Waals surface area contributed by atoms with Crippen LogP contribution in [0.15, 0.2) is 59.3 Å². The van der Waals surface area contributed by atoms with E-state index in [1.54, 1.807) is 25.4 Å². The van der Waals surface area contributed by atoms with Crippen molar-refractivity contribution in [2.45, 2.75) is 13.0 Å². The molecule has 2 aromatic carbocycles. The molecular formula is C18H16BrFN2O. The number of nitrogens with zero attached hydrogens (tertiary/aromatic N) is 2. The monoisotopic (exact) mass is 374 g/mol. The quantitative estimate of drug-likeness (QED) is 0.660. The van der Waals surface area contributed by atoms with E-state index < -0.39 is 0 Å². The molecule has 0 atom stereocenters. The third-order valence-corrected chi connectivity index (χ3v) is 4.27. The van der Waals surface area contributed by atoms with Crippen LogP contribution >= 0.6 is 15.9 Å². The molecule has 0 fully saturated rings. The molecule has 3 rings (SSSR count). The van der Waals surface area contributed by atoms with Gasteiger partial charge in [-0.15, -0.1) is 0 Å². The molecule has 1 heterocycles. The number of hydrogen-bond acceptors (Lipinski definition) is 2. The summed E-state index contributed by atoms with van der Waals surface area (Å²) in [6, 6.07) is 13.0. The second-order valence-electron chi connectivity index (χ2n) is 5.24. The Morgan fingerprint density at radius 2 is 1.87 bits per heavy atom. The molecule has 3 nitrogen and oxygen atoms in total. The van der Waals surface area contributed by atoms with Crippen molar-refractivity contribution in [3.05, 3.63) is 82.1 Å². The lowest BCUT2D eigenvalue weighted by Gasteiger charge is -2.09. The lowest BCUT2D eigenvalue weighted by molar-refractivity contribution is 0.414. The standard InChI is InChI=1S/C18H16BrFN2O/c1-23-15-5-2-13(3-6-15)11-18-21-8-9-22(18)12-14-4-7-17(20)16(19)10-14/h2-10H,11-12H2,1H3. The summed E-state index contributed by atoms with van der Waals surface area (Å²) in [7, 11) is 1.66. The van der Waals surface area contributed by atoms with Gasteiger partial charge in [0.05, 0.1) is 11.6 Å². The molecule has 0 saturated heterocycles. The van der Waals surface area contributed by atoms with Crippen LogP contribution in [0.2, 0.25) is 0 Å². The molecule has 0 bridgehead atoms. The first-order valence-electron chi connectivity index (χ1n) is 7.22. The van der Waals surface area contributed by atoms with Gasteiger partial charge in [0.15, 0.2) is 0 Å². The maximum absolute atomic E-state index is 13.3. The number of aromatic nitrogens is 2. The van der Waals surface area contributed by atoms with Crippen LogP contribution in [0.3, 0.4) is 0 Å². The van der Waals surface area contributed by atoms with Crippen LogP contribution in [0.4, 0.5) is 4.39 Å². The number of halogens is 2. The van der Waals surface area contributed by atoms with Gasteiger partial charge in [0, 0.05) is 25.4 Å². The molecule has 5 heteroatoms. The highest BCUT2D eigenvalue weighted by molar-refractivity contribution is 9.10. The predicted octanol–water partition coefficient (Wildman–Crippen LogP) is 4.43. The molecule has 0 unspecified atom stereocenters. The first-order chi connectivity index (χ1) is 11.2. The Balaban J connectivity index is 1.77. The van der Waals surface area contributed by atoms with Crippen LogP contribution in [0.1, 0.15) is 17.0 Å². The van der Waals surface area contributed by atoms with Gasteiger partial charge < -0.3 is 9.30 Å². The smallest absolute Gasteiger partial charge is 0.137 e. The van der Waals surface area contributed by atoms with E-state index in [-0.39, 0.29) is 5.82 Å². The number of methoxy groups -OCH3 is 1. The van der Waals surface area contributed by atoms with Gasteiger partial charge in [-0.2, -0.15) is 0 Å². The maximum Gasteiger partial charge on any atom is 0.137 e. The molecular weight excluding hydrogens is 359 g/mol. The summed E-state index contributed by atoms with van der Waals surface area (Å²) in [5, 5.41) is 0. The fourth-order valence-corrected chi connectivity index (χ4v) is 2.84. The van der Waals surface area contributed by atoms with Gasteiger partial charge in [-0.1, -0.05) is 18.2 Å². The van der Waals surface area contributed by atoms with Crippen LogP contribution in [-0.4, -0.2) is 16.7 Å². The van der Waals surface area contributed by atoms with Crippen molar-refractivity contribution >= 4 is 15.9 Å². The molecule has 0 spiro atoms. The zero-order valence-corrected chi connectivity index (χ0v) is 14.3. The number of benzene rings is 2. The Hall–Kier alpha value is -2.14. The first kappa shape index (κ1) is 15.7. The van der Waals surface area contributed by atoms with E-state index in [0.717, 1.165) is 23.6 Å². The highest BCUT2D eigenvalue weighted by Crippen LogP contribution is 2.19. The average molecular weight is 375 g/mol. The molecule has 0 aliphatic heterocycles. The third kappa shape index (κ3) is 3.79. The third-order valence-electron chi connectivity index (χ3n) is 3.66. The number of ether oxygens (including phenoxy) is 1. The minimum Gasteiger partial charge on any atom is -0.497 e. The topological polar surface area (TPSA) is 27.1 Å². The van der Waals surface area contributed by atoms with Gasteiger partial charge in [-0.05, 0) is 51.3 Å². The number of hydrogen-bond donors (Lipinski definition) is 0. The van der Waals surface area contributed by atoms with E-state index in [4.69, 9.17) is 4.74 Å². The van der Waals surface area contributed by atoms with E-state index in [1.807, 2.05) is 30.5 Å². The second-order valence-corrected chi connectivity index (χ2v) is 6.10. The van der Waals surface area contributed by atoms with Crippen molar-refractivity contribution in [3.63, 3.8) is 0 Å². The van der Waals surface area contributed by atoms with E-state index in [9.17, 15) is 4.39 Å². The molecule has 23 heavy (non-hydrogen) atoms. The summed E-state index contributed by atoms with van der Waals surface area (Å²) >= 11 is 3.22. The largest absolute Gasteiger partial charge is 0.497 e.